The van der Waals surface area contributed by atoms with Crippen molar-refractivity contribution in [2.24, 2.45) is 0 Å². The molecule has 29 heavy (non-hydrogen) atoms. The molecule has 0 radical (unpaired) electrons. The first-order chi connectivity index (χ1) is 13.9. The van der Waals surface area contributed by atoms with Crippen LogP contribution in [0.1, 0.15) is 25.8 Å². The quantitative estimate of drug-likeness (QED) is 0.418. The Morgan fingerprint density at radius 2 is 1.83 bits per heavy atom. The normalized spacial score (nSPS) is 13.1. The molecule has 0 aliphatic heterocycles. The van der Waals surface area contributed by atoms with Crippen LogP contribution in [0.4, 0.5) is 0 Å². The smallest absolute Gasteiger partial charge is 0.233 e. The Kier molecular flexibility index (Phi) is 7.17. The first kappa shape index (κ1) is 21.2. The molecule has 3 N–H and O–H groups in total. The van der Waals surface area contributed by atoms with E-state index in [-0.39, 0.29) is 17.2 Å². The highest BCUT2D eigenvalue weighted by atomic mass is 35.5. The summed E-state index contributed by atoms with van der Waals surface area (Å²) < 4.78 is 1.40. The van der Waals surface area contributed by atoms with Gasteiger partial charge in [-0.3, -0.25) is 4.79 Å². The molecule has 1 aromatic heterocycles. The molecule has 2 atom stereocenters. The lowest BCUT2D eigenvalue weighted by Gasteiger charge is -2.17. The Bertz CT molecular complexity index is 945. The highest BCUT2D eigenvalue weighted by molar-refractivity contribution is 8.00. The van der Waals surface area contributed by atoms with Gasteiger partial charge in [0.15, 0.2) is 5.82 Å². The number of nitrogens with zero attached hydrogens (tertiary/aromatic N) is 3. The minimum absolute atomic E-state index is 0.0494. The number of rotatable bonds is 8. The minimum Gasteiger partial charge on any atom is -0.353 e. The summed E-state index contributed by atoms with van der Waals surface area (Å²) >= 11 is 7.20. The number of aromatic nitrogens is 3. The lowest BCUT2D eigenvalue weighted by molar-refractivity contribution is -0.120. The van der Waals surface area contributed by atoms with Crippen molar-refractivity contribution in [3.63, 3.8) is 0 Å². The second-order valence-electron chi connectivity index (χ2n) is 6.88. The van der Waals surface area contributed by atoms with Crippen LogP contribution in [0, 0.1) is 0 Å². The lowest BCUT2D eigenvalue weighted by Crippen LogP contribution is -2.38. The van der Waals surface area contributed by atoms with Crippen molar-refractivity contribution in [3.05, 3.63) is 65.2 Å². The second-order valence-corrected chi connectivity index (χ2v) is 8.62. The van der Waals surface area contributed by atoms with E-state index in [1.165, 1.54) is 22.0 Å². The predicted octanol–water partition coefficient (Wildman–Crippen LogP) is 3.93. The van der Waals surface area contributed by atoms with Crippen molar-refractivity contribution in [2.45, 2.75) is 43.1 Å². The number of hydrogen-bond acceptors (Lipinski definition) is 5. The molecule has 0 spiro atoms. The van der Waals surface area contributed by atoms with Crippen molar-refractivity contribution < 1.29 is 4.79 Å². The summed E-state index contributed by atoms with van der Waals surface area (Å²) in [5.74, 6) is 6.61. The number of nitrogen functional groups attached to an aromatic ring is 1. The highest BCUT2D eigenvalue weighted by Crippen LogP contribution is 2.25. The molecule has 0 bridgehead atoms. The van der Waals surface area contributed by atoms with Crippen LogP contribution in [0.5, 0.6) is 0 Å². The van der Waals surface area contributed by atoms with Crippen LogP contribution in [-0.2, 0) is 11.2 Å². The van der Waals surface area contributed by atoms with Gasteiger partial charge in [0.2, 0.25) is 11.1 Å². The predicted molar refractivity (Wildman–Crippen MR) is 118 cm³/mol. The fourth-order valence-corrected chi connectivity index (χ4v) is 3.73. The highest BCUT2D eigenvalue weighted by Gasteiger charge is 2.21. The molecular weight excluding hydrogens is 406 g/mol. The Morgan fingerprint density at radius 1 is 1.14 bits per heavy atom. The molecular formula is C21H24ClN5OS. The molecule has 8 heteroatoms. The van der Waals surface area contributed by atoms with Crippen molar-refractivity contribution in [2.75, 3.05) is 5.84 Å². The van der Waals surface area contributed by atoms with Gasteiger partial charge in [0, 0.05) is 16.6 Å². The number of nitrogens with one attached hydrogen (secondary N) is 1. The third-order valence-corrected chi connectivity index (χ3v) is 5.82. The van der Waals surface area contributed by atoms with Crippen LogP contribution in [0.15, 0.2) is 59.8 Å². The zero-order chi connectivity index (χ0) is 20.8. The van der Waals surface area contributed by atoms with Gasteiger partial charge in [0.1, 0.15) is 0 Å². The zero-order valence-corrected chi connectivity index (χ0v) is 18.0. The molecule has 6 nitrogen and oxygen atoms in total. The average molecular weight is 430 g/mol. The van der Waals surface area contributed by atoms with Crippen LogP contribution < -0.4 is 11.2 Å². The van der Waals surface area contributed by atoms with Gasteiger partial charge in [-0.25, -0.2) is 4.68 Å². The molecule has 0 aliphatic rings. The third-order valence-electron chi connectivity index (χ3n) is 4.52. The van der Waals surface area contributed by atoms with Crippen molar-refractivity contribution in [1.29, 1.82) is 0 Å². The molecule has 0 saturated carbocycles. The molecule has 1 heterocycles. The molecule has 0 aliphatic carbocycles. The van der Waals surface area contributed by atoms with Crippen molar-refractivity contribution >= 4 is 29.3 Å². The first-order valence-corrected chi connectivity index (χ1v) is 10.7. The van der Waals surface area contributed by atoms with E-state index in [1.54, 1.807) is 12.1 Å². The summed E-state index contributed by atoms with van der Waals surface area (Å²) in [6, 6.07) is 17.5. The van der Waals surface area contributed by atoms with Crippen LogP contribution in [0.2, 0.25) is 5.02 Å². The van der Waals surface area contributed by atoms with E-state index in [1.807, 2.05) is 44.2 Å². The summed E-state index contributed by atoms with van der Waals surface area (Å²) in [6.45, 7) is 3.85. The van der Waals surface area contributed by atoms with Crippen LogP contribution in [0.25, 0.3) is 11.4 Å². The number of carbonyl (C=O) groups is 1. The Labute approximate surface area is 179 Å². The molecule has 0 saturated heterocycles. The van der Waals surface area contributed by atoms with Gasteiger partial charge in [-0.05, 0) is 56.5 Å². The number of aryl methyl sites for hydroxylation is 1. The van der Waals surface area contributed by atoms with Gasteiger partial charge in [-0.15, -0.1) is 10.2 Å². The maximum absolute atomic E-state index is 12.5. The summed E-state index contributed by atoms with van der Waals surface area (Å²) in [4.78, 5) is 12.5. The maximum Gasteiger partial charge on any atom is 0.233 e. The number of benzene rings is 2. The van der Waals surface area contributed by atoms with Crippen molar-refractivity contribution in [1.82, 2.24) is 20.2 Å². The molecule has 152 valence electrons. The second kappa shape index (κ2) is 9.80. The molecule has 1 amide bonds. The van der Waals surface area contributed by atoms with E-state index in [0.29, 0.717) is 16.0 Å². The van der Waals surface area contributed by atoms with E-state index in [2.05, 4.69) is 27.6 Å². The fourth-order valence-electron chi connectivity index (χ4n) is 2.83. The number of carbonyl (C=O) groups excluding carboxylic acids is 1. The van der Waals surface area contributed by atoms with E-state index >= 15 is 0 Å². The van der Waals surface area contributed by atoms with E-state index < -0.39 is 0 Å². The zero-order valence-electron chi connectivity index (χ0n) is 16.4. The van der Waals surface area contributed by atoms with E-state index in [4.69, 9.17) is 17.4 Å². The summed E-state index contributed by atoms with van der Waals surface area (Å²) in [5, 5.41) is 12.1. The SMILES string of the molecule is CC(CCc1ccccc1)NC(=O)C(C)Sc1nnc(-c2ccc(Cl)cc2)n1N. The number of halogens is 1. The van der Waals surface area contributed by atoms with Gasteiger partial charge in [-0.2, -0.15) is 0 Å². The van der Waals surface area contributed by atoms with Gasteiger partial charge in [0.25, 0.3) is 0 Å². The Balaban J connectivity index is 1.55. The molecule has 3 aromatic rings. The Morgan fingerprint density at radius 3 is 2.52 bits per heavy atom. The molecule has 3 rings (SSSR count). The fraction of sp³-hybridized carbons (Fsp3) is 0.286. The largest absolute Gasteiger partial charge is 0.353 e. The molecule has 2 unspecified atom stereocenters. The summed E-state index contributed by atoms with van der Waals surface area (Å²) in [5.41, 5.74) is 2.07. The molecule has 2 aromatic carbocycles. The topological polar surface area (TPSA) is 85.8 Å². The van der Waals surface area contributed by atoms with Gasteiger partial charge in [-0.1, -0.05) is 53.7 Å². The monoisotopic (exact) mass is 429 g/mol. The third kappa shape index (κ3) is 5.74. The van der Waals surface area contributed by atoms with Crippen molar-refractivity contribution in [3.8, 4) is 11.4 Å². The lowest BCUT2D eigenvalue weighted by atomic mass is 10.1. The van der Waals surface area contributed by atoms with Crippen LogP contribution in [0.3, 0.4) is 0 Å². The number of nitrogens with two attached hydrogens (primary N) is 1. The maximum atomic E-state index is 12.5. The first-order valence-electron chi connectivity index (χ1n) is 9.41. The minimum atomic E-state index is -0.348. The standard InChI is InChI=1S/C21H24ClN5OS/c1-14(8-9-16-6-4-3-5-7-16)24-20(28)15(2)29-21-26-25-19(27(21)23)17-10-12-18(22)13-11-17/h3-7,10-15H,8-9,23H2,1-2H3,(H,24,28). The summed E-state index contributed by atoms with van der Waals surface area (Å²) in [7, 11) is 0. The summed E-state index contributed by atoms with van der Waals surface area (Å²) in [6.07, 6.45) is 1.80. The average Bonchev–Trinajstić information content (AvgIpc) is 3.08. The van der Waals surface area contributed by atoms with E-state index in [9.17, 15) is 4.79 Å². The van der Waals surface area contributed by atoms with Crippen LogP contribution >= 0.6 is 23.4 Å². The van der Waals surface area contributed by atoms with Gasteiger partial charge >= 0.3 is 0 Å². The Hall–Kier alpha value is -2.51. The van der Waals surface area contributed by atoms with E-state index in [0.717, 1.165) is 18.4 Å². The van der Waals surface area contributed by atoms with Gasteiger partial charge in [0.05, 0.1) is 5.25 Å². The molecule has 0 fully saturated rings. The number of thioether (sulfide) groups is 1. The number of amides is 1. The van der Waals surface area contributed by atoms with Crippen LogP contribution in [-0.4, -0.2) is 32.1 Å². The van der Waals surface area contributed by atoms with Gasteiger partial charge < -0.3 is 11.2 Å². The number of hydrogen-bond donors (Lipinski definition) is 2.